The molecule has 0 heterocycles. The first-order chi connectivity index (χ1) is 8.74. The van der Waals surface area contributed by atoms with E-state index < -0.39 is 0 Å². The van der Waals surface area contributed by atoms with Crippen molar-refractivity contribution in [2.45, 2.75) is 19.3 Å². The fraction of sp³-hybridized carbons (Fsp3) is 0.375. The molecule has 0 aromatic heterocycles. The lowest BCUT2D eigenvalue weighted by molar-refractivity contribution is 0.808. The van der Waals surface area contributed by atoms with Gasteiger partial charge in [0.1, 0.15) is 0 Å². The zero-order valence-corrected chi connectivity index (χ0v) is 12.1. The normalized spacial score (nSPS) is 10.8. The molecule has 2 aromatic carbocycles. The average Bonchev–Trinajstić information content (AvgIpc) is 2.38. The van der Waals surface area contributed by atoms with Gasteiger partial charge in [-0.15, -0.1) is 0 Å². The number of benzene rings is 2. The number of unbranched alkanes of at least 4 members (excludes halogenated alkanes) is 1. The van der Waals surface area contributed by atoms with Crippen molar-refractivity contribution in [1.29, 1.82) is 0 Å². The van der Waals surface area contributed by atoms with E-state index in [0.29, 0.717) is 0 Å². The Balaban J connectivity index is 2.40. The molecule has 18 heavy (non-hydrogen) atoms. The van der Waals surface area contributed by atoms with E-state index in [2.05, 4.69) is 68.0 Å². The number of rotatable bonds is 5. The Morgan fingerprint density at radius 2 is 1.67 bits per heavy atom. The Bertz CT molecular complexity index is 519. The van der Waals surface area contributed by atoms with E-state index in [1.165, 1.54) is 34.9 Å². The van der Waals surface area contributed by atoms with Crippen molar-refractivity contribution >= 4 is 29.1 Å². The van der Waals surface area contributed by atoms with Crippen LogP contribution in [0.25, 0.3) is 10.8 Å². The smallest absolute Gasteiger partial charge is 0.0440 e. The van der Waals surface area contributed by atoms with Crippen LogP contribution in [0, 0.1) is 0 Å². The van der Waals surface area contributed by atoms with Crippen molar-refractivity contribution in [2.75, 3.05) is 24.7 Å². The predicted octanol–water partition coefficient (Wildman–Crippen LogP) is 4.16. The Hall–Kier alpha value is -1.15. The Labute approximate surface area is 115 Å². The van der Waals surface area contributed by atoms with E-state index >= 15 is 0 Å². The average molecular weight is 259 g/mol. The monoisotopic (exact) mass is 259 g/mol. The highest BCUT2D eigenvalue weighted by Crippen LogP contribution is 2.28. The summed E-state index contributed by atoms with van der Waals surface area (Å²) in [7, 11) is 4.20. The molecule has 0 fully saturated rings. The summed E-state index contributed by atoms with van der Waals surface area (Å²) in [6.45, 7) is 0. The van der Waals surface area contributed by atoms with Gasteiger partial charge < -0.3 is 4.90 Å². The Morgan fingerprint density at radius 3 is 2.39 bits per heavy atom. The predicted molar refractivity (Wildman–Crippen MR) is 85.1 cm³/mol. The molecule has 0 radical (unpaired) electrons. The fourth-order valence-electron chi connectivity index (χ4n) is 2.39. The second-order valence-corrected chi connectivity index (χ2v) is 5.31. The molecule has 0 aliphatic carbocycles. The zero-order valence-electron chi connectivity index (χ0n) is 11.2. The van der Waals surface area contributed by atoms with E-state index in [1.54, 1.807) is 0 Å². The fourth-order valence-corrected chi connectivity index (χ4v) is 2.62. The molecule has 0 saturated heterocycles. The number of fused-ring (bicyclic) bond motifs is 1. The van der Waals surface area contributed by atoms with Gasteiger partial charge in [0.25, 0.3) is 0 Å². The van der Waals surface area contributed by atoms with Gasteiger partial charge in [0.2, 0.25) is 0 Å². The van der Waals surface area contributed by atoms with Gasteiger partial charge in [-0.05, 0) is 42.0 Å². The van der Waals surface area contributed by atoms with Crippen LogP contribution >= 0.6 is 12.6 Å². The molecular weight excluding hydrogens is 238 g/mol. The molecule has 96 valence electrons. The van der Waals surface area contributed by atoms with Crippen LogP contribution in [0.1, 0.15) is 18.4 Å². The summed E-state index contributed by atoms with van der Waals surface area (Å²) in [5.74, 6) is 0.980. The molecule has 0 amide bonds. The molecule has 2 rings (SSSR count). The Kier molecular flexibility index (Phi) is 4.54. The van der Waals surface area contributed by atoms with Crippen LogP contribution in [0.2, 0.25) is 0 Å². The molecule has 0 unspecified atom stereocenters. The molecule has 1 nitrogen and oxygen atoms in total. The minimum absolute atomic E-state index is 0.980. The van der Waals surface area contributed by atoms with Crippen molar-refractivity contribution in [1.82, 2.24) is 0 Å². The summed E-state index contributed by atoms with van der Waals surface area (Å²) in [5, 5.41) is 2.74. The van der Waals surface area contributed by atoms with Gasteiger partial charge in [0.15, 0.2) is 0 Å². The lowest BCUT2D eigenvalue weighted by Gasteiger charge is -2.16. The number of hydrogen-bond acceptors (Lipinski definition) is 2. The summed E-state index contributed by atoms with van der Waals surface area (Å²) >= 11 is 4.28. The third-order valence-corrected chi connectivity index (χ3v) is 3.64. The minimum Gasteiger partial charge on any atom is -0.377 e. The second kappa shape index (κ2) is 6.14. The summed E-state index contributed by atoms with van der Waals surface area (Å²) in [6, 6.07) is 13.2. The van der Waals surface area contributed by atoms with Crippen molar-refractivity contribution in [2.24, 2.45) is 0 Å². The number of anilines is 1. The standard InChI is InChI=1S/C16H21NS/c1-17(2)16-11-6-9-14-13(7-3-4-12-18)8-5-10-15(14)16/h5-6,8-11,18H,3-4,7,12H2,1-2H3. The van der Waals surface area contributed by atoms with E-state index in [4.69, 9.17) is 0 Å². The summed E-state index contributed by atoms with van der Waals surface area (Å²) < 4.78 is 0. The maximum atomic E-state index is 4.28. The third kappa shape index (κ3) is 2.81. The highest BCUT2D eigenvalue weighted by atomic mass is 32.1. The first kappa shape index (κ1) is 13.3. The van der Waals surface area contributed by atoms with Gasteiger partial charge in [-0.2, -0.15) is 12.6 Å². The molecule has 0 aliphatic heterocycles. The van der Waals surface area contributed by atoms with Crippen molar-refractivity contribution in [3.8, 4) is 0 Å². The molecule has 0 atom stereocenters. The number of thiol groups is 1. The third-order valence-electron chi connectivity index (χ3n) is 3.33. The molecule has 0 aliphatic rings. The van der Waals surface area contributed by atoms with Crippen molar-refractivity contribution < 1.29 is 0 Å². The molecule has 0 bridgehead atoms. The largest absolute Gasteiger partial charge is 0.377 e. The van der Waals surface area contributed by atoms with Crippen molar-refractivity contribution in [3.05, 3.63) is 42.0 Å². The van der Waals surface area contributed by atoms with Gasteiger partial charge in [-0.25, -0.2) is 0 Å². The van der Waals surface area contributed by atoms with Crippen molar-refractivity contribution in [3.63, 3.8) is 0 Å². The molecule has 2 heteroatoms. The number of nitrogens with zero attached hydrogens (tertiary/aromatic N) is 1. The molecule has 0 saturated carbocycles. The first-order valence-corrected chi connectivity index (χ1v) is 7.16. The first-order valence-electron chi connectivity index (χ1n) is 6.53. The van der Waals surface area contributed by atoms with Gasteiger partial charge >= 0.3 is 0 Å². The molecular formula is C16H21NS. The topological polar surface area (TPSA) is 3.24 Å². The maximum Gasteiger partial charge on any atom is 0.0440 e. The SMILES string of the molecule is CN(C)c1cccc2c(CCCCS)cccc12. The van der Waals surface area contributed by atoms with Crippen LogP contribution in [-0.2, 0) is 6.42 Å². The summed E-state index contributed by atoms with van der Waals surface area (Å²) in [6.07, 6.45) is 3.55. The lowest BCUT2D eigenvalue weighted by atomic mass is 9.99. The highest BCUT2D eigenvalue weighted by molar-refractivity contribution is 7.80. The zero-order chi connectivity index (χ0) is 13.0. The van der Waals surface area contributed by atoms with Crippen LogP contribution < -0.4 is 4.90 Å². The number of aryl methyl sites for hydroxylation is 1. The van der Waals surface area contributed by atoms with Crippen LogP contribution in [0.4, 0.5) is 5.69 Å². The summed E-state index contributed by atoms with van der Waals surface area (Å²) in [5.41, 5.74) is 2.75. The number of hydrogen-bond donors (Lipinski definition) is 1. The van der Waals surface area contributed by atoms with Gasteiger partial charge in [-0.3, -0.25) is 0 Å². The highest BCUT2D eigenvalue weighted by Gasteiger charge is 2.05. The van der Waals surface area contributed by atoms with Gasteiger partial charge in [-0.1, -0.05) is 30.3 Å². The van der Waals surface area contributed by atoms with E-state index in [-0.39, 0.29) is 0 Å². The molecule has 0 N–H and O–H groups in total. The molecule has 0 spiro atoms. The van der Waals surface area contributed by atoms with E-state index in [1.807, 2.05) is 0 Å². The second-order valence-electron chi connectivity index (χ2n) is 4.86. The quantitative estimate of drug-likeness (QED) is 0.623. The van der Waals surface area contributed by atoms with E-state index in [9.17, 15) is 0 Å². The lowest BCUT2D eigenvalue weighted by Crippen LogP contribution is -2.09. The van der Waals surface area contributed by atoms with Crippen LogP contribution in [0.3, 0.4) is 0 Å². The van der Waals surface area contributed by atoms with E-state index in [0.717, 1.165) is 12.2 Å². The summed E-state index contributed by atoms with van der Waals surface area (Å²) in [4.78, 5) is 2.18. The molecule has 2 aromatic rings. The minimum atomic E-state index is 0.980. The maximum absolute atomic E-state index is 4.28. The Morgan fingerprint density at radius 1 is 0.944 bits per heavy atom. The van der Waals surface area contributed by atoms with Gasteiger partial charge in [0, 0.05) is 25.2 Å². The van der Waals surface area contributed by atoms with Crippen LogP contribution in [0.15, 0.2) is 36.4 Å². The van der Waals surface area contributed by atoms with Gasteiger partial charge in [0.05, 0.1) is 0 Å². The van der Waals surface area contributed by atoms with Crippen LogP contribution in [-0.4, -0.2) is 19.8 Å². The van der Waals surface area contributed by atoms with Crippen LogP contribution in [0.5, 0.6) is 0 Å².